The van der Waals surface area contributed by atoms with Gasteiger partial charge >= 0.3 is 0 Å². The molecule has 0 spiro atoms. The highest BCUT2D eigenvalue weighted by molar-refractivity contribution is 5.79. The van der Waals surface area contributed by atoms with Gasteiger partial charge in [-0.3, -0.25) is 4.79 Å². The normalized spacial score (nSPS) is 50.0. The quantitative estimate of drug-likeness (QED) is 0.740. The van der Waals surface area contributed by atoms with Crippen LogP contribution in [0.4, 0.5) is 0 Å². The summed E-state index contributed by atoms with van der Waals surface area (Å²) in [5.74, 6) is 2.53. The number of amides is 1. The van der Waals surface area contributed by atoms with Crippen LogP contribution < -0.4 is 5.32 Å². The summed E-state index contributed by atoms with van der Waals surface area (Å²) < 4.78 is 0. The molecule has 0 aromatic carbocycles. The van der Waals surface area contributed by atoms with Gasteiger partial charge in [0.2, 0.25) is 5.91 Å². The Morgan fingerprint density at radius 1 is 1.23 bits per heavy atom. The molecule has 1 aliphatic heterocycles. The van der Waals surface area contributed by atoms with Gasteiger partial charge in [-0.2, -0.15) is 5.26 Å². The van der Waals surface area contributed by atoms with Gasteiger partial charge in [0.15, 0.2) is 0 Å². The molecule has 1 N–H and O–H groups in total. The van der Waals surface area contributed by atoms with E-state index in [2.05, 4.69) is 31.3 Å². The average Bonchev–Trinajstić information content (AvgIpc) is 2.84. The van der Waals surface area contributed by atoms with Crippen LogP contribution in [-0.2, 0) is 4.79 Å². The van der Waals surface area contributed by atoms with Gasteiger partial charge in [0, 0.05) is 17.5 Å². The minimum atomic E-state index is 0.156. The Bertz CT molecular complexity index is 589. The van der Waals surface area contributed by atoms with E-state index in [4.69, 9.17) is 0 Å². The number of nitrogens with zero attached hydrogens (tertiary/aromatic N) is 1. The van der Waals surface area contributed by atoms with Gasteiger partial charge in [-0.25, -0.2) is 0 Å². The number of hydrogen-bond donors (Lipinski definition) is 1. The largest absolute Gasteiger partial charge is 0.330 e. The molecule has 3 fully saturated rings. The molecule has 4 aliphatic rings. The maximum atomic E-state index is 11.7. The Morgan fingerprint density at radius 3 is 2.82 bits per heavy atom. The first kappa shape index (κ1) is 14.3. The van der Waals surface area contributed by atoms with Crippen LogP contribution in [0.2, 0.25) is 0 Å². The summed E-state index contributed by atoms with van der Waals surface area (Å²) in [6, 6.07) is 2.60. The van der Waals surface area contributed by atoms with E-state index in [9.17, 15) is 10.1 Å². The van der Waals surface area contributed by atoms with E-state index in [1.165, 1.54) is 25.0 Å². The second kappa shape index (κ2) is 4.60. The van der Waals surface area contributed by atoms with Gasteiger partial charge in [-0.1, -0.05) is 19.9 Å². The van der Waals surface area contributed by atoms with Gasteiger partial charge in [0.1, 0.15) is 0 Å². The van der Waals surface area contributed by atoms with Gasteiger partial charge in [-0.05, 0) is 61.7 Å². The predicted octanol–water partition coefficient (Wildman–Crippen LogP) is 3.77. The van der Waals surface area contributed by atoms with Gasteiger partial charge in [0.25, 0.3) is 0 Å². The molecule has 0 radical (unpaired) electrons. The Labute approximate surface area is 133 Å². The van der Waals surface area contributed by atoms with Crippen molar-refractivity contribution in [2.75, 3.05) is 0 Å². The van der Waals surface area contributed by atoms with Crippen molar-refractivity contribution in [3.63, 3.8) is 0 Å². The molecule has 6 atom stereocenters. The van der Waals surface area contributed by atoms with Crippen molar-refractivity contribution in [1.29, 1.82) is 5.26 Å². The fraction of sp³-hybridized carbons (Fsp3) is 0.789. The molecule has 1 amide bonds. The molecule has 3 nitrogen and oxygen atoms in total. The molecular formula is C19H26N2O. The van der Waals surface area contributed by atoms with E-state index >= 15 is 0 Å². The van der Waals surface area contributed by atoms with E-state index in [1.54, 1.807) is 0 Å². The molecule has 3 heteroatoms. The summed E-state index contributed by atoms with van der Waals surface area (Å²) in [4.78, 5) is 11.7. The molecule has 0 aromatic heterocycles. The van der Waals surface area contributed by atoms with Crippen molar-refractivity contribution in [1.82, 2.24) is 5.32 Å². The van der Waals surface area contributed by atoms with Crippen LogP contribution in [0.5, 0.6) is 0 Å². The summed E-state index contributed by atoms with van der Waals surface area (Å²) in [5.41, 5.74) is 1.58. The van der Waals surface area contributed by atoms with E-state index in [1.807, 2.05) is 0 Å². The van der Waals surface area contributed by atoms with Crippen molar-refractivity contribution in [2.24, 2.45) is 34.5 Å². The van der Waals surface area contributed by atoms with Crippen LogP contribution in [0.25, 0.3) is 0 Å². The molecule has 3 aliphatic carbocycles. The molecular weight excluding hydrogens is 272 g/mol. The number of rotatable bonds is 0. The lowest BCUT2D eigenvalue weighted by atomic mass is 9.49. The second-order valence-corrected chi connectivity index (χ2v) is 8.50. The third-order valence-corrected chi connectivity index (χ3v) is 7.77. The lowest BCUT2D eigenvalue weighted by Gasteiger charge is -2.56. The highest BCUT2D eigenvalue weighted by Gasteiger charge is 2.58. The van der Waals surface area contributed by atoms with Crippen molar-refractivity contribution in [3.05, 3.63) is 11.8 Å². The molecule has 2 saturated carbocycles. The van der Waals surface area contributed by atoms with Gasteiger partial charge < -0.3 is 5.32 Å². The zero-order valence-corrected chi connectivity index (χ0v) is 13.7. The SMILES string of the molecule is C[C@]12CCC(=O)NC1=CC[C@@H]1[C@H]2CC[C@]2(C)C(C#N)CC[C@@H]12. The molecule has 1 heterocycles. The number of piperidine rings is 1. The number of fused-ring (bicyclic) bond motifs is 5. The average molecular weight is 298 g/mol. The van der Waals surface area contributed by atoms with Crippen LogP contribution in [-0.4, -0.2) is 5.91 Å². The Morgan fingerprint density at radius 2 is 2.05 bits per heavy atom. The highest BCUT2D eigenvalue weighted by Crippen LogP contribution is 2.65. The van der Waals surface area contributed by atoms with Crippen LogP contribution >= 0.6 is 0 Å². The van der Waals surface area contributed by atoms with Crippen molar-refractivity contribution in [3.8, 4) is 6.07 Å². The first-order valence-electron chi connectivity index (χ1n) is 8.89. The molecule has 1 saturated heterocycles. The minimum Gasteiger partial charge on any atom is -0.330 e. The van der Waals surface area contributed by atoms with Crippen molar-refractivity contribution < 1.29 is 4.79 Å². The van der Waals surface area contributed by atoms with E-state index in [0.717, 1.165) is 19.3 Å². The maximum Gasteiger partial charge on any atom is 0.224 e. The third-order valence-electron chi connectivity index (χ3n) is 7.77. The zero-order valence-electron chi connectivity index (χ0n) is 13.7. The Hall–Kier alpha value is -1.30. The molecule has 4 rings (SSSR count). The number of carbonyl (C=O) groups is 1. The second-order valence-electron chi connectivity index (χ2n) is 8.50. The lowest BCUT2D eigenvalue weighted by molar-refractivity contribution is -0.125. The van der Waals surface area contributed by atoms with Crippen molar-refractivity contribution >= 4 is 5.91 Å². The minimum absolute atomic E-state index is 0.156. The van der Waals surface area contributed by atoms with Crippen LogP contribution in [0.3, 0.4) is 0 Å². The number of hydrogen-bond acceptors (Lipinski definition) is 2. The summed E-state index contributed by atoms with van der Waals surface area (Å²) in [5, 5.41) is 12.7. The molecule has 0 bridgehead atoms. The molecule has 22 heavy (non-hydrogen) atoms. The topological polar surface area (TPSA) is 52.9 Å². The summed E-state index contributed by atoms with van der Waals surface area (Å²) in [6.07, 6.45) is 9.79. The Kier molecular flexibility index (Phi) is 2.99. The van der Waals surface area contributed by atoms with E-state index in [0.29, 0.717) is 24.2 Å². The molecule has 118 valence electrons. The highest BCUT2D eigenvalue weighted by atomic mass is 16.1. The van der Waals surface area contributed by atoms with Crippen LogP contribution in [0.15, 0.2) is 11.8 Å². The van der Waals surface area contributed by atoms with Crippen molar-refractivity contribution in [2.45, 2.75) is 58.8 Å². The summed E-state index contributed by atoms with van der Waals surface area (Å²) >= 11 is 0. The number of allylic oxidation sites excluding steroid dienone is 2. The van der Waals surface area contributed by atoms with Gasteiger partial charge in [-0.15, -0.1) is 0 Å². The number of nitrogens with one attached hydrogen (secondary N) is 1. The number of nitriles is 1. The maximum absolute atomic E-state index is 11.7. The van der Waals surface area contributed by atoms with Crippen LogP contribution in [0.1, 0.15) is 58.8 Å². The van der Waals surface area contributed by atoms with Gasteiger partial charge in [0.05, 0.1) is 12.0 Å². The fourth-order valence-corrected chi connectivity index (χ4v) is 6.41. The fourth-order valence-electron chi connectivity index (χ4n) is 6.41. The Balaban J connectivity index is 1.69. The lowest BCUT2D eigenvalue weighted by Crippen LogP contribution is -2.53. The van der Waals surface area contributed by atoms with E-state index < -0.39 is 0 Å². The third kappa shape index (κ3) is 1.70. The smallest absolute Gasteiger partial charge is 0.224 e. The summed E-state index contributed by atoms with van der Waals surface area (Å²) in [7, 11) is 0. The van der Waals surface area contributed by atoms with E-state index in [-0.39, 0.29) is 22.7 Å². The first-order chi connectivity index (χ1) is 10.5. The predicted molar refractivity (Wildman–Crippen MR) is 84.3 cm³/mol. The zero-order chi connectivity index (χ0) is 15.5. The molecule has 0 aromatic rings. The first-order valence-corrected chi connectivity index (χ1v) is 8.89. The summed E-state index contributed by atoms with van der Waals surface area (Å²) in [6.45, 7) is 4.74. The monoisotopic (exact) mass is 298 g/mol. The van der Waals surface area contributed by atoms with Crippen LogP contribution in [0, 0.1) is 45.8 Å². The molecule has 1 unspecified atom stereocenters. The number of carbonyl (C=O) groups excluding carboxylic acids is 1. The standard InChI is InChI=1S/C19H26N2O/c1-18-9-7-15-13(14(18)5-3-12(18)11-20)4-6-16-19(15,2)10-8-17(22)21-16/h6,12-15H,3-5,7-10H2,1-2H3,(H,21,22)/t12?,13-,14-,15+,18+,19+/m0/s1.